The van der Waals surface area contributed by atoms with E-state index in [0.717, 1.165) is 24.3 Å². The third kappa shape index (κ3) is 3.34. The Labute approximate surface area is 96.5 Å². The highest BCUT2D eigenvalue weighted by molar-refractivity contribution is 5.48. The lowest BCUT2D eigenvalue weighted by Gasteiger charge is -2.19. The van der Waals surface area contributed by atoms with Crippen molar-refractivity contribution in [1.29, 1.82) is 0 Å². The van der Waals surface area contributed by atoms with Crippen molar-refractivity contribution in [3.63, 3.8) is 0 Å². The van der Waals surface area contributed by atoms with Crippen molar-refractivity contribution >= 4 is 11.8 Å². The van der Waals surface area contributed by atoms with Crippen molar-refractivity contribution < 1.29 is 5.11 Å². The number of aliphatic hydroxyl groups is 1. The van der Waals surface area contributed by atoms with Crippen molar-refractivity contribution in [2.45, 2.75) is 20.3 Å². The number of nitrogens with one attached hydrogen (secondary N) is 1. The van der Waals surface area contributed by atoms with Crippen LogP contribution in [0, 0.1) is 6.92 Å². The molecule has 1 rings (SSSR count). The van der Waals surface area contributed by atoms with Gasteiger partial charge in [-0.05, 0) is 13.3 Å². The number of aliphatic hydroxyl groups excluding tert-OH is 1. The Morgan fingerprint density at radius 3 is 2.88 bits per heavy atom. The van der Waals surface area contributed by atoms with Crippen LogP contribution in [0.5, 0.6) is 0 Å². The zero-order valence-corrected chi connectivity index (χ0v) is 10.2. The molecule has 2 N–H and O–H groups in total. The Morgan fingerprint density at radius 1 is 1.50 bits per heavy atom. The summed E-state index contributed by atoms with van der Waals surface area (Å²) in [4.78, 5) is 10.6. The van der Waals surface area contributed by atoms with E-state index in [9.17, 15) is 0 Å². The molecule has 0 aliphatic rings. The van der Waals surface area contributed by atoms with Gasteiger partial charge in [-0.15, -0.1) is 0 Å². The molecule has 90 valence electrons. The monoisotopic (exact) mass is 224 g/mol. The van der Waals surface area contributed by atoms with E-state index >= 15 is 0 Å². The average molecular weight is 224 g/mol. The third-order valence-corrected chi connectivity index (χ3v) is 2.28. The first-order valence-electron chi connectivity index (χ1n) is 5.58. The summed E-state index contributed by atoms with van der Waals surface area (Å²) in [7, 11) is 1.91. The maximum atomic E-state index is 8.90. The van der Waals surface area contributed by atoms with Crippen LogP contribution in [0.3, 0.4) is 0 Å². The van der Waals surface area contributed by atoms with Crippen LogP contribution >= 0.6 is 0 Å². The molecule has 1 heterocycles. The van der Waals surface area contributed by atoms with Gasteiger partial charge >= 0.3 is 0 Å². The first-order chi connectivity index (χ1) is 7.69. The summed E-state index contributed by atoms with van der Waals surface area (Å²) in [6, 6.07) is 0. The minimum atomic E-state index is 0.123. The number of hydrogen-bond donors (Lipinski definition) is 2. The molecule has 1 aromatic rings. The Morgan fingerprint density at radius 2 is 2.25 bits per heavy atom. The molecule has 5 heteroatoms. The second kappa shape index (κ2) is 6.27. The van der Waals surface area contributed by atoms with Crippen molar-refractivity contribution in [3.8, 4) is 0 Å². The predicted octanol–water partition coefficient (Wildman–Crippen LogP) is 1.04. The SMILES string of the molecule is CCCNc1ncc(C)c(N(C)CCO)n1. The summed E-state index contributed by atoms with van der Waals surface area (Å²) >= 11 is 0. The molecule has 0 spiro atoms. The molecule has 0 fully saturated rings. The van der Waals surface area contributed by atoms with E-state index in [-0.39, 0.29) is 6.61 Å². The lowest BCUT2D eigenvalue weighted by molar-refractivity contribution is 0.304. The zero-order chi connectivity index (χ0) is 12.0. The second-order valence-corrected chi connectivity index (χ2v) is 3.77. The van der Waals surface area contributed by atoms with Crippen LogP contribution in [0.15, 0.2) is 6.20 Å². The number of rotatable bonds is 6. The topological polar surface area (TPSA) is 61.3 Å². The molecule has 0 unspecified atom stereocenters. The number of hydrogen-bond acceptors (Lipinski definition) is 5. The van der Waals surface area contributed by atoms with E-state index in [4.69, 9.17) is 5.11 Å². The number of aromatic nitrogens is 2. The second-order valence-electron chi connectivity index (χ2n) is 3.77. The molecule has 5 nitrogen and oxygen atoms in total. The largest absolute Gasteiger partial charge is 0.395 e. The molecule has 0 aromatic carbocycles. The summed E-state index contributed by atoms with van der Waals surface area (Å²) in [5.41, 5.74) is 1.01. The fourth-order valence-electron chi connectivity index (χ4n) is 1.40. The van der Waals surface area contributed by atoms with Gasteiger partial charge < -0.3 is 15.3 Å². The highest BCUT2D eigenvalue weighted by Crippen LogP contribution is 2.16. The number of aryl methyl sites for hydroxylation is 1. The van der Waals surface area contributed by atoms with Crippen LogP contribution in [0.4, 0.5) is 11.8 Å². The Balaban J connectivity index is 2.81. The van der Waals surface area contributed by atoms with E-state index in [1.165, 1.54) is 0 Å². The lowest BCUT2D eigenvalue weighted by Crippen LogP contribution is -2.23. The highest BCUT2D eigenvalue weighted by Gasteiger charge is 2.07. The summed E-state index contributed by atoms with van der Waals surface area (Å²) < 4.78 is 0. The molecule has 0 radical (unpaired) electrons. The minimum Gasteiger partial charge on any atom is -0.395 e. The van der Waals surface area contributed by atoms with E-state index in [1.54, 1.807) is 6.20 Å². The number of anilines is 2. The molecule has 0 saturated heterocycles. The summed E-state index contributed by atoms with van der Waals surface area (Å²) in [6.07, 6.45) is 2.84. The normalized spacial score (nSPS) is 10.2. The van der Waals surface area contributed by atoms with E-state index in [1.807, 2.05) is 18.9 Å². The van der Waals surface area contributed by atoms with Crippen molar-refractivity contribution in [3.05, 3.63) is 11.8 Å². The molecule has 0 atom stereocenters. The van der Waals surface area contributed by atoms with Gasteiger partial charge in [0.15, 0.2) is 0 Å². The Kier molecular flexibility index (Phi) is 4.98. The van der Waals surface area contributed by atoms with Gasteiger partial charge in [-0.2, -0.15) is 4.98 Å². The first-order valence-corrected chi connectivity index (χ1v) is 5.58. The third-order valence-electron chi connectivity index (χ3n) is 2.28. The van der Waals surface area contributed by atoms with Gasteiger partial charge in [0.1, 0.15) is 5.82 Å². The van der Waals surface area contributed by atoms with Gasteiger partial charge in [0, 0.05) is 31.9 Å². The molecular formula is C11H20N4O. The van der Waals surface area contributed by atoms with Crippen molar-refractivity contribution in [1.82, 2.24) is 9.97 Å². The number of nitrogens with zero attached hydrogens (tertiary/aromatic N) is 3. The molecule has 0 saturated carbocycles. The van der Waals surface area contributed by atoms with Crippen LogP contribution in [0.25, 0.3) is 0 Å². The Hall–Kier alpha value is -1.36. The van der Waals surface area contributed by atoms with Crippen LogP contribution in [0.1, 0.15) is 18.9 Å². The van der Waals surface area contributed by atoms with Gasteiger partial charge in [-0.1, -0.05) is 6.92 Å². The van der Waals surface area contributed by atoms with E-state index in [2.05, 4.69) is 22.2 Å². The highest BCUT2D eigenvalue weighted by atomic mass is 16.3. The maximum absolute atomic E-state index is 8.90. The van der Waals surface area contributed by atoms with Crippen LogP contribution in [-0.2, 0) is 0 Å². The summed E-state index contributed by atoms with van der Waals surface area (Å²) in [6.45, 7) is 5.63. The molecule has 0 aliphatic carbocycles. The quantitative estimate of drug-likeness (QED) is 0.756. The van der Waals surface area contributed by atoms with Gasteiger partial charge in [0.05, 0.1) is 6.61 Å². The van der Waals surface area contributed by atoms with E-state index in [0.29, 0.717) is 12.5 Å². The van der Waals surface area contributed by atoms with E-state index < -0.39 is 0 Å². The van der Waals surface area contributed by atoms with Gasteiger partial charge in [-0.3, -0.25) is 0 Å². The van der Waals surface area contributed by atoms with Crippen molar-refractivity contribution in [2.75, 3.05) is 37.0 Å². The molecule has 0 bridgehead atoms. The van der Waals surface area contributed by atoms with Crippen LogP contribution in [-0.4, -0.2) is 41.8 Å². The number of likely N-dealkylation sites (N-methyl/N-ethyl adjacent to an activating group) is 1. The smallest absolute Gasteiger partial charge is 0.224 e. The van der Waals surface area contributed by atoms with Gasteiger partial charge in [-0.25, -0.2) is 4.98 Å². The van der Waals surface area contributed by atoms with Crippen molar-refractivity contribution in [2.24, 2.45) is 0 Å². The molecule has 0 aliphatic heterocycles. The zero-order valence-electron chi connectivity index (χ0n) is 10.2. The van der Waals surface area contributed by atoms with Gasteiger partial charge in [0.2, 0.25) is 5.95 Å². The maximum Gasteiger partial charge on any atom is 0.224 e. The van der Waals surface area contributed by atoms with Gasteiger partial charge in [0.25, 0.3) is 0 Å². The average Bonchev–Trinajstić information content (AvgIpc) is 2.28. The predicted molar refractivity (Wildman–Crippen MR) is 65.9 cm³/mol. The Bertz CT molecular complexity index is 330. The fourth-order valence-corrected chi connectivity index (χ4v) is 1.40. The molecular weight excluding hydrogens is 204 g/mol. The standard InChI is InChI=1S/C11H20N4O/c1-4-5-12-11-13-8-9(2)10(14-11)15(3)6-7-16/h8,16H,4-7H2,1-3H3,(H,12,13,14). The molecule has 16 heavy (non-hydrogen) atoms. The summed E-state index contributed by atoms with van der Waals surface area (Å²) in [5.74, 6) is 1.51. The molecule has 0 amide bonds. The minimum absolute atomic E-state index is 0.123. The molecule has 1 aromatic heterocycles. The first kappa shape index (κ1) is 12.7. The van der Waals surface area contributed by atoms with Crippen LogP contribution < -0.4 is 10.2 Å². The fraction of sp³-hybridized carbons (Fsp3) is 0.636. The summed E-state index contributed by atoms with van der Waals surface area (Å²) in [5, 5.41) is 12.0. The van der Waals surface area contributed by atoms with Crippen LogP contribution in [0.2, 0.25) is 0 Å². The lowest BCUT2D eigenvalue weighted by atomic mass is 10.3.